The van der Waals surface area contributed by atoms with E-state index in [-0.39, 0.29) is 24.3 Å². The molecular formula is C16H15N5O3. The van der Waals surface area contributed by atoms with E-state index in [9.17, 15) is 4.79 Å². The minimum Gasteiger partial charge on any atom is -0.496 e. The minimum absolute atomic E-state index is 0.0307. The van der Waals surface area contributed by atoms with Crippen molar-refractivity contribution < 1.29 is 14.3 Å². The van der Waals surface area contributed by atoms with Gasteiger partial charge in [0.25, 0.3) is 0 Å². The molecule has 0 bridgehead atoms. The van der Waals surface area contributed by atoms with Crippen LogP contribution in [-0.2, 0) is 11.3 Å². The van der Waals surface area contributed by atoms with Crippen molar-refractivity contribution in [2.45, 2.75) is 6.61 Å². The highest BCUT2D eigenvalue weighted by atomic mass is 16.5. The van der Waals surface area contributed by atoms with Crippen LogP contribution in [0.25, 0.3) is 10.8 Å². The van der Waals surface area contributed by atoms with E-state index >= 15 is 0 Å². The maximum Gasteiger partial charge on any atom is 0.342 e. The van der Waals surface area contributed by atoms with E-state index in [1.165, 1.54) is 7.11 Å². The average molecular weight is 325 g/mol. The summed E-state index contributed by atoms with van der Waals surface area (Å²) >= 11 is 0. The number of nitrogen functional groups attached to an aromatic ring is 2. The molecule has 0 amide bonds. The number of ether oxygens (including phenoxy) is 2. The molecule has 1 heterocycles. The van der Waals surface area contributed by atoms with E-state index in [0.29, 0.717) is 11.3 Å². The van der Waals surface area contributed by atoms with Crippen LogP contribution in [0, 0.1) is 0 Å². The van der Waals surface area contributed by atoms with Crippen molar-refractivity contribution in [3.63, 3.8) is 0 Å². The molecule has 0 spiro atoms. The molecule has 0 aliphatic carbocycles. The van der Waals surface area contributed by atoms with Crippen LogP contribution >= 0.6 is 0 Å². The van der Waals surface area contributed by atoms with Crippen molar-refractivity contribution in [3.8, 4) is 5.75 Å². The minimum atomic E-state index is -0.560. The van der Waals surface area contributed by atoms with Gasteiger partial charge in [-0.15, -0.1) is 0 Å². The first-order chi connectivity index (χ1) is 11.6. The van der Waals surface area contributed by atoms with Crippen molar-refractivity contribution in [2.24, 2.45) is 0 Å². The lowest BCUT2D eigenvalue weighted by molar-refractivity contribution is 0.0459. The number of carbonyl (C=O) groups excluding carboxylic acids is 1. The summed E-state index contributed by atoms with van der Waals surface area (Å²) in [6.07, 6.45) is 0. The first-order valence-electron chi connectivity index (χ1n) is 7.06. The molecule has 0 saturated heterocycles. The Labute approximate surface area is 137 Å². The molecule has 3 aromatic rings. The van der Waals surface area contributed by atoms with Gasteiger partial charge < -0.3 is 20.9 Å². The van der Waals surface area contributed by atoms with Gasteiger partial charge in [-0.1, -0.05) is 24.3 Å². The number of hydrogen-bond donors (Lipinski definition) is 2. The molecule has 1 aromatic heterocycles. The van der Waals surface area contributed by atoms with E-state index in [1.807, 2.05) is 24.3 Å². The number of fused-ring (bicyclic) bond motifs is 1. The van der Waals surface area contributed by atoms with Crippen LogP contribution in [0.15, 0.2) is 36.4 Å². The molecular weight excluding hydrogens is 310 g/mol. The van der Waals surface area contributed by atoms with Gasteiger partial charge in [0, 0.05) is 0 Å². The van der Waals surface area contributed by atoms with Gasteiger partial charge in [-0.25, -0.2) is 4.79 Å². The summed E-state index contributed by atoms with van der Waals surface area (Å²) in [5.74, 6) is -0.0229. The summed E-state index contributed by atoms with van der Waals surface area (Å²) in [4.78, 5) is 23.7. The molecule has 2 aromatic carbocycles. The van der Waals surface area contributed by atoms with Gasteiger partial charge >= 0.3 is 5.97 Å². The average Bonchev–Trinajstić information content (AvgIpc) is 2.57. The monoisotopic (exact) mass is 325 g/mol. The first-order valence-corrected chi connectivity index (χ1v) is 7.06. The molecule has 24 heavy (non-hydrogen) atoms. The Kier molecular flexibility index (Phi) is 4.11. The molecule has 0 saturated carbocycles. The van der Waals surface area contributed by atoms with Crippen LogP contribution in [0.1, 0.15) is 16.2 Å². The SMILES string of the molecule is COc1cc2ccccc2cc1C(=O)OCc1nc(N)nc(N)n1. The Bertz CT molecular complexity index is 893. The molecule has 8 nitrogen and oxygen atoms in total. The molecule has 0 aliphatic heterocycles. The third-order valence-electron chi connectivity index (χ3n) is 3.34. The number of carbonyl (C=O) groups is 1. The quantitative estimate of drug-likeness (QED) is 0.692. The van der Waals surface area contributed by atoms with E-state index in [2.05, 4.69) is 15.0 Å². The second-order valence-electron chi connectivity index (χ2n) is 4.94. The number of anilines is 2. The fraction of sp³-hybridized carbons (Fsp3) is 0.125. The summed E-state index contributed by atoms with van der Waals surface area (Å²) in [5, 5.41) is 1.86. The predicted octanol–water partition coefficient (Wildman–Crippen LogP) is 1.55. The van der Waals surface area contributed by atoms with Crippen molar-refractivity contribution in [1.29, 1.82) is 0 Å². The molecule has 122 valence electrons. The zero-order valence-electron chi connectivity index (χ0n) is 12.9. The number of rotatable bonds is 4. The van der Waals surface area contributed by atoms with Gasteiger partial charge in [-0.2, -0.15) is 15.0 Å². The van der Waals surface area contributed by atoms with Crippen molar-refractivity contribution in [1.82, 2.24) is 15.0 Å². The zero-order chi connectivity index (χ0) is 17.1. The van der Waals surface area contributed by atoms with Crippen LogP contribution in [0.3, 0.4) is 0 Å². The first kappa shape index (κ1) is 15.5. The summed E-state index contributed by atoms with van der Waals surface area (Å²) in [6.45, 7) is -0.175. The molecule has 0 radical (unpaired) electrons. The summed E-state index contributed by atoms with van der Waals surface area (Å²) in [5.41, 5.74) is 11.3. The van der Waals surface area contributed by atoms with Crippen molar-refractivity contribution in [2.75, 3.05) is 18.6 Å². The molecule has 0 fully saturated rings. The van der Waals surface area contributed by atoms with Gasteiger partial charge in [0.2, 0.25) is 11.9 Å². The van der Waals surface area contributed by atoms with Crippen LogP contribution in [0.4, 0.5) is 11.9 Å². The largest absolute Gasteiger partial charge is 0.496 e. The molecule has 0 unspecified atom stereocenters. The maximum atomic E-state index is 12.4. The van der Waals surface area contributed by atoms with Crippen LogP contribution in [0.5, 0.6) is 5.75 Å². The Morgan fingerprint density at radius 3 is 2.29 bits per heavy atom. The third-order valence-corrected chi connectivity index (χ3v) is 3.34. The highest BCUT2D eigenvalue weighted by Gasteiger charge is 2.16. The van der Waals surface area contributed by atoms with Gasteiger partial charge in [0.05, 0.1) is 7.11 Å². The highest BCUT2D eigenvalue weighted by molar-refractivity contribution is 5.98. The number of benzene rings is 2. The smallest absolute Gasteiger partial charge is 0.342 e. The fourth-order valence-electron chi connectivity index (χ4n) is 2.28. The number of nitrogens with two attached hydrogens (primary N) is 2. The summed E-state index contributed by atoms with van der Waals surface area (Å²) in [7, 11) is 1.49. The molecule has 8 heteroatoms. The molecule has 3 rings (SSSR count). The third kappa shape index (κ3) is 3.17. The Hall–Kier alpha value is -3.42. The van der Waals surface area contributed by atoms with Crippen LogP contribution in [-0.4, -0.2) is 28.0 Å². The lowest BCUT2D eigenvalue weighted by Gasteiger charge is -2.10. The maximum absolute atomic E-state index is 12.4. The van der Waals surface area contributed by atoms with E-state index in [1.54, 1.807) is 12.1 Å². The Morgan fingerprint density at radius 1 is 1.04 bits per heavy atom. The van der Waals surface area contributed by atoms with Crippen molar-refractivity contribution in [3.05, 3.63) is 47.8 Å². The lowest BCUT2D eigenvalue weighted by Crippen LogP contribution is -2.11. The van der Waals surface area contributed by atoms with E-state index in [4.69, 9.17) is 20.9 Å². The van der Waals surface area contributed by atoms with Gasteiger partial charge in [-0.3, -0.25) is 0 Å². The standard InChI is InChI=1S/C16H15N5O3/c1-23-12-7-10-5-3-2-4-9(10)6-11(12)14(22)24-8-13-19-15(17)21-16(18)20-13/h2-7H,8H2,1H3,(H4,17,18,19,20,21). The highest BCUT2D eigenvalue weighted by Crippen LogP contribution is 2.26. The second-order valence-corrected chi connectivity index (χ2v) is 4.94. The number of nitrogens with zero attached hydrogens (tertiary/aromatic N) is 3. The van der Waals surface area contributed by atoms with Gasteiger partial charge in [0.15, 0.2) is 12.4 Å². The Balaban J connectivity index is 1.85. The number of esters is 1. The molecule has 0 aliphatic rings. The number of hydrogen-bond acceptors (Lipinski definition) is 8. The number of aromatic nitrogens is 3. The lowest BCUT2D eigenvalue weighted by atomic mass is 10.1. The zero-order valence-corrected chi connectivity index (χ0v) is 12.9. The van der Waals surface area contributed by atoms with Gasteiger partial charge in [-0.05, 0) is 22.9 Å². The van der Waals surface area contributed by atoms with Crippen LogP contribution in [0.2, 0.25) is 0 Å². The fourth-order valence-corrected chi connectivity index (χ4v) is 2.28. The van der Waals surface area contributed by atoms with Crippen LogP contribution < -0.4 is 16.2 Å². The second kappa shape index (κ2) is 6.37. The molecule has 0 atom stereocenters. The molecule has 4 N–H and O–H groups in total. The van der Waals surface area contributed by atoms with E-state index < -0.39 is 5.97 Å². The number of methoxy groups -OCH3 is 1. The summed E-state index contributed by atoms with van der Waals surface area (Å²) < 4.78 is 10.5. The summed E-state index contributed by atoms with van der Waals surface area (Å²) in [6, 6.07) is 11.1. The Morgan fingerprint density at radius 2 is 1.67 bits per heavy atom. The predicted molar refractivity (Wildman–Crippen MR) is 88.3 cm³/mol. The van der Waals surface area contributed by atoms with Crippen molar-refractivity contribution >= 4 is 28.6 Å². The van der Waals surface area contributed by atoms with E-state index in [0.717, 1.165) is 10.8 Å². The topological polar surface area (TPSA) is 126 Å². The van der Waals surface area contributed by atoms with Gasteiger partial charge in [0.1, 0.15) is 11.3 Å². The normalized spacial score (nSPS) is 10.5.